The van der Waals surface area contributed by atoms with Gasteiger partial charge in [-0.1, -0.05) is 54.6 Å². The van der Waals surface area contributed by atoms with Crippen LogP contribution in [0.15, 0.2) is 78.9 Å². The van der Waals surface area contributed by atoms with Crippen LogP contribution in [0.3, 0.4) is 0 Å². The van der Waals surface area contributed by atoms with Crippen LogP contribution in [0.1, 0.15) is 5.56 Å². The van der Waals surface area contributed by atoms with Gasteiger partial charge in [-0.15, -0.1) is 0 Å². The maximum absolute atomic E-state index is 13.6. The van der Waals surface area contributed by atoms with Crippen molar-refractivity contribution >= 4 is 33.3 Å². The first-order chi connectivity index (χ1) is 14.5. The zero-order valence-electron chi connectivity index (χ0n) is 15.5. The van der Waals surface area contributed by atoms with Gasteiger partial charge in [-0.3, -0.25) is 5.10 Å². The van der Waals surface area contributed by atoms with Crippen molar-refractivity contribution in [3.63, 3.8) is 0 Å². The lowest BCUT2D eigenvalue weighted by Gasteiger charge is -2.15. The average molecular weight is 404 g/mol. The number of fused-ring (bicyclic) bond motifs is 2. The second-order valence-electron chi connectivity index (χ2n) is 6.86. The molecule has 5 aromatic rings. The first-order valence-corrected chi connectivity index (χ1v) is 9.27. The Kier molecular flexibility index (Phi) is 4.17. The number of H-pyrrole nitrogens is 1. The fourth-order valence-corrected chi connectivity index (χ4v) is 3.56. The van der Waals surface area contributed by atoms with Crippen molar-refractivity contribution in [2.24, 2.45) is 0 Å². The van der Waals surface area contributed by atoms with E-state index in [4.69, 9.17) is 0 Å². The van der Waals surface area contributed by atoms with Crippen molar-refractivity contribution < 1.29 is 13.2 Å². The summed E-state index contributed by atoms with van der Waals surface area (Å²) in [5.74, 6) is 1.00. The highest BCUT2D eigenvalue weighted by atomic mass is 19.4. The van der Waals surface area contributed by atoms with Gasteiger partial charge in [0.1, 0.15) is 5.82 Å². The number of anilines is 2. The van der Waals surface area contributed by atoms with E-state index in [1.54, 1.807) is 12.1 Å². The molecule has 30 heavy (non-hydrogen) atoms. The summed E-state index contributed by atoms with van der Waals surface area (Å²) in [6.45, 7) is 0. The number of rotatable bonds is 3. The maximum Gasteiger partial charge on any atom is 0.417 e. The van der Waals surface area contributed by atoms with Crippen LogP contribution in [0.4, 0.5) is 24.8 Å². The number of aromatic amines is 1. The normalized spacial score (nSPS) is 11.8. The highest BCUT2D eigenvalue weighted by Crippen LogP contribution is 2.38. The number of hydrogen-bond donors (Lipinski definition) is 2. The number of para-hydroxylation sites is 1. The van der Waals surface area contributed by atoms with Crippen LogP contribution in [-0.2, 0) is 6.18 Å². The summed E-state index contributed by atoms with van der Waals surface area (Å²) in [6, 6.07) is 22.2. The molecule has 2 aromatic heterocycles. The van der Waals surface area contributed by atoms with Crippen LogP contribution in [0.2, 0.25) is 0 Å². The molecule has 0 bridgehead atoms. The van der Waals surface area contributed by atoms with E-state index in [0.717, 1.165) is 27.7 Å². The Balaban J connectivity index is 1.70. The standard InChI is InChI=1S/C23H15F3N4/c24-23(25,26)18-11-5-3-9-16(18)20-13-14-7-1-2-8-15(14)21(27-20)28-22-17-10-4-6-12-19(17)29-30-22/h1-13H,(H2,27,28,29,30). The number of benzene rings is 3. The highest BCUT2D eigenvalue weighted by molar-refractivity contribution is 5.99. The van der Waals surface area contributed by atoms with E-state index in [-0.39, 0.29) is 11.3 Å². The van der Waals surface area contributed by atoms with Crippen molar-refractivity contribution in [1.29, 1.82) is 0 Å². The lowest BCUT2D eigenvalue weighted by atomic mass is 10.0. The summed E-state index contributed by atoms with van der Waals surface area (Å²) in [6.07, 6.45) is -4.48. The van der Waals surface area contributed by atoms with E-state index in [2.05, 4.69) is 20.5 Å². The Morgan fingerprint density at radius 1 is 0.767 bits per heavy atom. The van der Waals surface area contributed by atoms with Gasteiger partial charge in [0.05, 0.1) is 16.8 Å². The molecular weight excluding hydrogens is 389 g/mol. The molecule has 0 atom stereocenters. The van der Waals surface area contributed by atoms with Crippen molar-refractivity contribution in [3.8, 4) is 11.3 Å². The van der Waals surface area contributed by atoms with Gasteiger partial charge in [-0.2, -0.15) is 18.3 Å². The fourth-order valence-electron chi connectivity index (χ4n) is 3.56. The number of aromatic nitrogens is 3. The summed E-state index contributed by atoms with van der Waals surface area (Å²) in [4.78, 5) is 4.56. The number of nitrogens with zero attached hydrogens (tertiary/aromatic N) is 2. The molecule has 0 radical (unpaired) electrons. The third-order valence-corrected chi connectivity index (χ3v) is 4.96. The van der Waals surface area contributed by atoms with Gasteiger partial charge in [0, 0.05) is 16.3 Å². The Hall–Kier alpha value is -3.87. The highest BCUT2D eigenvalue weighted by Gasteiger charge is 2.33. The van der Waals surface area contributed by atoms with Crippen LogP contribution in [0.5, 0.6) is 0 Å². The Morgan fingerprint density at radius 3 is 2.30 bits per heavy atom. The molecule has 148 valence electrons. The topological polar surface area (TPSA) is 53.6 Å². The summed E-state index contributed by atoms with van der Waals surface area (Å²) < 4.78 is 40.7. The van der Waals surface area contributed by atoms with Gasteiger partial charge < -0.3 is 5.32 Å². The summed E-state index contributed by atoms with van der Waals surface area (Å²) in [5, 5.41) is 12.9. The van der Waals surface area contributed by atoms with Crippen LogP contribution >= 0.6 is 0 Å². The van der Waals surface area contributed by atoms with Gasteiger partial charge in [0.25, 0.3) is 0 Å². The molecule has 0 spiro atoms. The summed E-state index contributed by atoms with van der Waals surface area (Å²) in [5.41, 5.74) is 0.404. The number of halogens is 3. The minimum Gasteiger partial charge on any atom is -0.322 e. The Morgan fingerprint density at radius 2 is 1.47 bits per heavy atom. The van der Waals surface area contributed by atoms with E-state index in [0.29, 0.717) is 11.6 Å². The van der Waals surface area contributed by atoms with Crippen molar-refractivity contribution in [2.45, 2.75) is 6.18 Å². The van der Waals surface area contributed by atoms with E-state index >= 15 is 0 Å². The van der Waals surface area contributed by atoms with Gasteiger partial charge in [-0.25, -0.2) is 4.98 Å². The molecule has 0 amide bonds. The first-order valence-electron chi connectivity index (χ1n) is 9.27. The molecule has 0 aliphatic carbocycles. The number of nitrogens with one attached hydrogen (secondary N) is 2. The first kappa shape index (κ1) is 18.2. The van der Waals surface area contributed by atoms with Crippen LogP contribution in [0.25, 0.3) is 32.9 Å². The number of pyridine rings is 1. The van der Waals surface area contributed by atoms with Crippen LogP contribution in [-0.4, -0.2) is 15.2 Å². The molecule has 2 heterocycles. The van der Waals surface area contributed by atoms with Gasteiger partial charge in [0.15, 0.2) is 5.82 Å². The molecular formula is C23H15F3N4. The third-order valence-electron chi connectivity index (χ3n) is 4.96. The van der Waals surface area contributed by atoms with Crippen molar-refractivity contribution in [3.05, 3.63) is 84.4 Å². The smallest absolute Gasteiger partial charge is 0.322 e. The quantitative estimate of drug-likeness (QED) is 0.359. The Labute approximate surface area is 169 Å². The second kappa shape index (κ2) is 6.88. The fraction of sp³-hybridized carbons (Fsp3) is 0.0435. The summed E-state index contributed by atoms with van der Waals surface area (Å²) in [7, 11) is 0. The third kappa shape index (κ3) is 3.14. The average Bonchev–Trinajstić information content (AvgIpc) is 3.16. The predicted molar refractivity (Wildman–Crippen MR) is 112 cm³/mol. The van der Waals surface area contributed by atoms with E-state index < -0.39 is 11.7 Å². The largest absolute Gasteiger partial charge is 0.417 e. The zero-order chi connectivity index (χ0) is 20.7. The van der Waals surface area contributed by atoms with Gasteiger partial charge >= 0.3 is 6.18 Å². The number of hydrogen-bond acceptors (Lipinski definition) is 3. The minimum absolute atomic E-state index is 0.0330. The molecule has 0 unspecified atom stereocenters. The predicted octanol–water partition coefficient (Wildman–Crippen LogP) is 6.54. The Bertz CT molecular complexity index is 1370. The molecule has 0 aliphatic rings. The maximum atomic E-state index is 13.6. The van der Waals surface area contributed by atoms with E-state index in [9.17, 15) is 13.2 Å². The molecule has 7 heteroatoms. The molecule has 0 saturated carbocycles. The van der Waals surface area contributed by atoms with Gasteiger partial charge in [0.2, 0.25) is 0 Å². The number of alkyl halides is 3. The van der Waals surface area contributed by atoms with Gasteiger partial charge in [-0.05, 0) is 29.7 Å². The van der Waals surface area contributed by atoms with Crippen LogP contribution < -0.4 is 5.32 Å². The molecule has 0 fully saturated rings. The van der Waals surface area contributed by atoms with Crippen LogP contribution in [0, 0.1) is 0 Å². The second-order valence-corrected chi connectivity index (χ2v) is 6.86. The molecule has 4 nitrogen and oxygen atoms in total. The van der Waals surface area contributed by atoms with Crippen molar-refractivity contribution in [1.82, 2.24) is 15.2 Å². The lowest BCUT2D eigenvalue weighted by molar-refractivity contribution is -0.137. The monoisotopic (exact) mass is 404 g/mol. The molecule has 0 saturated heterocycles. The molecule has 3 aromatic carbocycles. The van der Waals surface area contributed by atoms with Crippen molar-refractivity contribution in [2.75, 3.05) is 5.32 Å². The zero-order valence-corrected chi connectivity index (χ0v) is 15.5. The summed E-state index contributed by atoms with van der Waals surface area (Å²) >= 11 is 0. The SMILES string of the molecule is FC(F)(F)c1ccccc1-c1cc2ccccc2c(Nc2n[nH]c3ccccc23)n1. The molecule has 5 rings (SSSR count). The minimum atomic E-state index is -4.48. The molecule has 0 aliphatic heterocycles. The van der Waals surface area contributed by atoms with E-state index in [1.165, 1.54) is 12.1 Å². The lowest BCUT2D eigenvalue weighted by Crippen LogP contribution is -2.07. The molecule has 2 N–H and O–H groups in total. The van der Waals surface area contributed by atoms with E-state index in [1.807, 2.05) is 48.5 Å².